The molecule has 2 N–H and O–H groups in total. The molecule has 1 saturated carbocycles. The molecule has 0 aromatic heterocycles. The highest BCUT2D eigenvalue weighted by molar-refractivity contribution is 5.96. The van der Waals surface area contributed by atoms with E-state index < -0.39 is 4.92 Å². The SMILES string of the molecule is Cc1ccc([N+](=O)[O-])cc1C(=O)NCC1CCCC(O)C1. The van der Waals surface area contributed by atoms with Gasteiger partial charge in [0.1, 0.15) is 0 Å². The Hall–Kier alpha value is -1.95. The number of aliphatic hydroxyl groups is 1. The van der Waals surface area contributed by atoms with E-state index in [4.69, 9.17) is 0 Å². The number of amides is 1. The minimum atomic E-state index is -0.506. The average molecular weight is 292 g/mol. The molecule has 1 aliphatic rings. The van der Waals surface area contributed by atoms with Gasteiger partial charge in [0, 0.05) is 24.2 Å². The minimum absolute atomic E-state index is 0.0844. The number of aryl methyl sites for hydroxylation is 1. The molecule has 2 unspecified atom stereocenters. The summed E-state index contributed by atoms with van der Waals surface area (Å²) in [5.74, 6) is -0.0204. The zero-order valence-electron chi connectivity index (χ0n) is 12.0. The molecule has 1 aliphatic carbocycles. The number of carbonyl (C=O) groups excluding carboxylic acids is 1. The summed E-state index contributed by atoms with van der Waals surface area (Å²) in [6.45, 7) is 2.25. The molecule has 6 heteroatoms. The molecule has 1 amide bonds. The molecule has 1 aromatic rings. The number of aliphatic hydroxyl groups excluding tert-OH is 1. The first-order valence-corrected chi connectivity index (χ1v) is 7.18. The van der Waals surface area contributed by atoms with Crippen molar-refractivity contribution in [3.63, 3.8) is 0 Å². The van der Waals surface area contributed by atoms with E-state index in [2.05, 4.69) is 5.32 Å². The maximum Gasteiger partial charge on any atom is 0.270 e. The van der Waals surface area contributed by atoms with Gasteiger partial charge in [-0.1, -0.05) is 12.5 Å². The summed E-state index contributed by atoms with van der Waals surface area (Å²) in [4.78, 5) is 22.4. The van der Waals surface area contributed by atoms with Gasteiger partial charge in [0.25, 0.3) is 11.6 Å². The van der Waals surface area contributed by atoms with Crippen molar-refractivity contribution >= 4 is 11.6 Å². The summed E-state index contributed by atoms with van der Waals surface area (Å²) < 4.78 is 0. The van der Waals surface area contributed by atoms with Crippen LogP contribution in [0.1, 0.15) is 41.6 Å². The largest absolute Gasteiger partial charge is 0.393 e. The number of nitro groups is 1. The quantitative estimate of drug-likeness (QED) is 0.657. The summed E-state index contributed by atoms with van der Waals surface area (Å²) in [5, 5.41) is 23.2. The van der Waals surface area contributed by atoms with E-state index in [1.54, 1.807) is 13.0 Å². The number of benzene rings is 1. The van der Waals surface area contributed by atoms with Gasteiger partial charge in [-0.15, -0.1) is 0 Å². The Balaban J connectivity index is 1.99. The molecule has 1 fully saturated rings. The molecule has 2 rings (SSSR count). The molecule has 21 heavy (non-hydrogen) atoms. The normalized spacial score (nSPS) is 21.8. The second-order valence-electron chi connectivity index (χ2n) is 5.65. The van der Waals surface area contributed by atoms with E-state index in [0.29, 0.717) is 24.1 Å². The smallest absolute Gasteiger partial charge is 0.270 e. The van der Waals surface area contributed by atoms with Gasteiger partial charge in [0.2, 0.25) is 0 Å². The van der Waals surface area contributed by atoms with Crippen molar-refractivity contribution in [2.75, 3.05) is 6.54 Å². The molecule has 0 heterocycles. The van der Waals surface area contributed by atoms with Gasteiger partial charge in [-0.3, -0.25) is 14.9 Å². The Morgan fingerprint density at radius 1 is 1.48 bits per heavy atom. The first-order chi connectivity index (χ1) is 9.97. The molecular weight excluding hydrogens is 272 g/mol. The first-order valence-electron chi connectivity index (χ1n) is 7.18. The number of nitro benzene ring substituents is 1. The van der Waals surface area contributed by atoms with Crippen LogP contribution in [-0.2, 0) is 0 Å². The number of rotatable bonds is 4. The lowest BCUT2D eigenvalue weighted by atomic mass is 9.87. The molecular formula is C15H20N2O4. The third-order valence-electron chi connectivity index (χ3n) is 3.98. The highest BCUT2D eigenvalue weighted by Crippen LogP contribution is 2.24. The zero-order valence-corrected chi connectivity index (χ0v) is 12.0. The number of hydrogen-bond donors (Lipinski definition) is 2. The highest BCUT2D eigenvalue weighted by Gasteiger charge is 2.21. The lowest BCUT2D eigenvalue weighted by Crippen LogP contribution is -2.33. The fraction of sp³-hybridized carbons (Fsp3) is 0.533. The first kappa shape index (κ1) is 15.4. The third-order valence-corrected chi connectivity index (χ3v) is 3.98. The second kappa shape index (κ2) is 6.67. The molecule has 1 aromatic carbocycles. The molecule has 0 saturated heterocycles. The van der Waals surface area contributed by atoms with Crippen molar-refractivity contribution in [1.82, 2.24) is 5.32 Å². The van der Waals surface area contributed by atoms with Crippen molar-refractivity contribution in [2.45, 2.75) is 38.7 Å². The molecule has 0 bridgehead atoms. The lowest BCUT2D eigenvalue weighted by Gasteiger charge is -2.25. The Kier molecular flexibility index (Phi) is 4.90. The summed E-state index contributed by atoms with van der Waals surface area (Å²) in [5.41, 5.74) is 0.959. The summed E-state index contributed by atoms with van der Waals surface area (Å²) in [6, 6.07) is 4.28. The predicted molar refractivity (Wildman–Crippen MR) is 78.1 cm³/mol. The van der Waals surface area contributed by atoms with Crippen LogP contribution in [0.2, 0.25) is 0 Å². The molecule has 0 spiro atoms. The Morgan fingerprint density at radius 3 is 2.90 bits per heavy atom. The van der Waals surface area contributed by atoms with E-state index in [1.165, 1.54) is 12.1 Å². The number of hydrogen-bond acceptors (Lipinski definition) is 4. The Labute approximate surface area is 123 Å². The third kappa shape index (κ3) is 4.01. The topological polar surface area (TPSA) is 92.5 Å². The highest BCUT2D eigenvalue weighted by atomic mass is 16.6. The number of carbonyl (C=O) groups is 1. The van der Waals surface area contributed by atoms with Gasteiger partial charge in [0.05, 0.1) is 11.0 Å². The van der Waals surface area contributed by atoms with Crippen LogP contribution in [0.15, 0.2) is 18.2 Å². The van der Waals surface area contributed by atoms with Crippen molar-refractivity contribution < 1.29 is 14.8 Å². The zero-order chi connectivity index (χ0) is 15.4. The minimum Gasteiger partial charge on any atom is -0.393 e. The van der Waals surface area contributed by atoms with E-state index in [-0.39, 0.29) is 23.6 Å². The van der Waals surface area contributed by atoms with Crippen molar-refractivity contribution in [3.8, 4) is 0 Å². The van der Waals surface area contributed by atoms with Crippen molar-refractivity contribution in [2.24, 2.45) is 5.92 Å². The van der Waals surface area contributed by atoms with Gasteiger partial charge in [-0.2, -0.15) is 0 Å². The molecule has 2 atom stereocenters. The lowest BCUT2D eigenvalue weighted by molar-refractivity contribution is -0.384. The van der Waals surface area contributed by atoms with E-state index in [0.717, 1.165) is 19.3 Å². The van der Waals surface area contributed by atoms with Crippen LogP contribution in [0.25, 0.3) is 0 Å². The fourth-order valence-corrected chi connectivity index (χ4v) is 2.75. The summed E-state index contributed by atoms with van der Waals surface area (Å²) in [6.07, 6.45) is 3.21. The van der Waals surface area contributed by atoms with Gasteiger partial charge in [-0.25, -0.2) is 0 Å². The predicted octanol–water partition coefficient (Wildman–Crippen LogP) is 2.18. The standard InChI is InChI=1S/C15H20N2O4/c1-10-5-6-12(17(20)21)8-14(10)15(19)16-9-11-3-2-4-13(18)7-11/h5-6,8,11,13,18H,2-4,7,9H2,1H3,(H,16,19). The molecule has 6 nitrogen and oxygen atoms in total. The number of non-ortho nitro benzene ring substituents is 1. The summed E-state index contributed by atoms with van der Waals surface area (Å²) in [7, 11) is 0. The van der Waals surface area contributed by atoms with Crippen LogP contribution in [0.3, 0.4) is 0 Å². The van der Waals surface area contributed by atoms with Gasteiger partial charge in [0.15, 0.2) is 0 Å². The molecule has 0 aliphatic heterocycles. The van der Waals surface area contributed by atoms with Crippen molar-refractivity contribution in [3.05, 3.63) is 39.4 Å². The second-order valence-corrected chi connectivity index (χ2v) is 5.65. The number of nitrogens with one attached hydrogen (secondary N) is 1. The monoisotopic (exact) mass is 292 g/mol. The molecule has 0 radical (unpaired) electrons. The van der Waals surface area contributed by atoms with Gasteiger partial charge >= 0.3 is 0 Å². The van der Waals surface area contributed by atoms with Gasteiger partial charge < -0.3 is 10.4 Å². The Morgan fingerprint density at radius 2 is 2.24 bits per heavy atom. The van der Waals surface area contributed by atoms with Crippen LogP contribution < -0.4 is 5.32 Å². The maximum absolute atomic E-state index is 12.2. The fourth-order valence-electron chi connectivity index (χ4n) is 2.75. The summed E-state index contributed by atoms with van der Waals surface area (Å²) >= 11 is 0. The molecule has 114 valence electrons. The van der Waals surface area contributed by atoms with Crippen LogP contribution in [0.5, 0.6) is 0 Å². The number of nitrogens with zero attached hydrogens (tertiary/aromatic N) is 1. The average Bonchev–Trinajstić information content (AvgIpc) is 2.45. The van der Waals surface area contributed by atoms with Crippen LogP contribution in [-0.4, -0.2) is 28.6 Å². The van der Waals surface area contributed by atoms with Crippen LogP contribution >= 0.6 is 0 Å². The Bertz CT molecular complexity index is 544. The van der Waals surface area contributed by atoms with Crippen molar-refractivity contribution in [1.29, 1.82) is 0 Å². The van der Waals surface area contributed by atoms with E-state index in [9.17, 15) is 20.0 Å². The van der Waals surface area contributed by atoms with Gasteiger partial charge in [-0.05, 0) is 37.7 Å². The van der Waals surface area contributed by atoms with Crippen LogP contribution in [0.4, 0.5) is 5.69 Å². The maximum atomic E-state index is 12.2. The van der Waals surface area contributed by atoms with E-state index >= 15 is 0 Å². The van der Waals surface area contributed by atoms with E-state index in [1.807, 2.05) is 0 Å². The van der Waals surface area contributed by atoms with Crippen LogP contribution in [0, 0.1) is 23.0 Å².